The second-order valence-corrected chi connectivity index (χ2v) is 8.88. The Morgan fingerprint density at radius 3 is 1.85 bits per heavy atom. The van der Waals surface area contributed by atoms with Crippen molar-refractivity contribution >= 4 is 11.6 Å². The van der Waals surface area contributed by atoms with Crippen LogP contribution in [0.25, 0.3) is 0 Å². The summed E-state index contributed by atoms with van der Waals surface area (Å²) in [6.45, 7) is 13.1. The fourth-order valence-corrected chi connectivity index (χ4v) is 3.57. The van der Waals surface area contributed by atoms with Crippen LogP contribution in [-0.4, -0.2) is 24.1 Å². The molecule has 0 fully saturated rings. The summed E-state index contributed by atoms with van der Waals surface area (Å²) >= 11 is -1.34. The van der Waals surface area contributed by atoms with Gasteiger partial charge in [0.1, 0.15) is 0 Å². The molecule has 0 amide bonds. The van der Waals surface area contributed by atoms with Crippen LogP contribution in [0.2, 0.25) is 0 Å². The number of hydrogen-bond donors (Lipinski definition) is 2. The molecular formula is C15H29INO3-. The molecule has 0 bridgehead atoms. The SMILES string of the molecule is CCC(=O)C(C)(NC(C)(CC)C(=O)C(C)(C)CC)[I-]O. The van der Waals surface area contributed by atoms with Gasteiger partial charge in [0.05, 0.1) is 0 Å². The van der Waals surface area contributed by atoms with Gasteiger partial charge in [0.2, 0.25) is 0 Å². The summed E-state index contributed by atoms with van der Waals surface area (Å²) < 4.78 is 8.74. The van der Waals surface area contributed by atoms with Crippen LogP contribution < -0.4 is 26.9 Å². The van der Waals surface area contributed by atoms with Crippen LogP contribution in [0, 0.1) is 5.41 Å². The third-order valence-corrected chi connectivity index (χ3v) is 6.07. The molecular weight excluding hydrogens is 369 g/mol. The molecule has 0 aliphatic carbocycles. The number of carbonyl (C=O) groups is 2. The number of Topliss-reactive ketones (excluding diaryl/α,β-unsaturated/α-hetero) is 2. The third kappa shape index (κ3) is 4.24. The monoisotopic (exact) mass is 398 g/mol. The number of alkyl halides is 1. The zero-order valence-corrected chi connectivity index (χ0v) is 15.9. The molecule has 0 aliphatic rings. The molecule has 0 aromatic carbocycles. The van der Waals surface area contributed by atoms with E-state index in [2.05, 4.69) is 5.32 Å². The molecule has 5 heteroatoms. The average Bonchev–Trinajstić information content (AvgIpc) is 2.44. The van der Waals surface area contributed by atoms with Crippen molar-refractivity contribution in [2.75, 3.05) is 0 Å². The van der Waals surface area contributed by atoms with Crippen LogP contribution in [0.4, 0.5) is 0 Å². The molecule has 0 saturated heterocycles. The molecule has 120 valence electrons. The normalized spacial score (nSPS) is 18.4. The fraction of sp³-hybridized carbons (Fsp3) is 0.867. The van der Waals surface area contributed by atoms with Crippen molar-refractivity contribution < 1.29 is 34.6 Å². The molecule has 0 heterocycles. The van der Waals surface area contributed by atoms with Gasteiger partial charge in [-0.15, -0.1) is 0 Å². The summed E-state index contributed by atoms with van der Waals surface area (Å²) in [6, 6.07) is 0. The Labute approximate surface area is 133 Å². The predicted molar refractivity (Wildman–Crippen MR) is 76.8 cm³/mol. The van der Waals surface area contributed by atoms with Crippen molar-refractivity contribution in [3.8, 4) is 0 Å². The van der Waals surface area contributed by atoms with E-state index in [0.717, 1.165) is 6.42 Å². The zero-order chi connectivity index (χ0) is 16.2. The van der Waals surface area contributed by atoms with Gasteiger partial charge in [0.25, 0.3) is 0 Å². The number of rotatable bonds is 9. The molecule has 0 rings (SSSR count). The first-order valence-corrected chi connectivity index (χ1v) is 9.24. The first-order chi connectivity index (χ1) is 9.03. The van der Waals surface area contributed by atoms with Crippen LogP contribution >= 0.6 is 0 Å². The van der Waals surface area contributed by atoms with Crippen molar-refractivity contribution in [1.82, 2.24) is 5.32 Å². The number of carbonyl (C=O) groups excluding carboxylic acids is 2. The molecule has 2 unspecified atom stereocenters. The molecule has 0 saturated carbocycles. The van der Waals surface area contributed by atoms with E-state index < -0.39 is 36.1 Å². The van der Waals surface area contributed by atoms with Gasteiger partial charge in [-0.25, -0.2) is 0 Å². The van der Waals surface area contributed by atoms with Gasteiger partial charge in [0, 0.05) is 0 Å². The number of nitrogens with one attached hydrogen (secondary N) is 1. The molecule has 4 nitrogen and oxygen atoms in total. The maximum absolute atomic E-state index is 12.8. The van der Waals surface area contributed by atoms with E-state index in [1.807, 2.05) is 34.6 Å². The van der Waals surface area contributed by atoms with Crippen molar-refractivity contribution in [3.63, 3.8) is 0 Å². The molecule has 20 heavy (non-hydrogen) atoms. The van der Waals surface area contributed by atoms with E-state index in [0.29, 0.717) is 12.8 Å². The first kappa shape index (κ1) is 20.0. The van der Waals surface area contributed by atoms with Crippen LogP contribution in [-0.2, 0) is 9.59 Å². The van der Waals surface area contributed by atoms with E-state index in [1.54, 1.807) is 13.8 Å². The summed E-state index contributed by atoms with van der Waals surface area (Å²) in [5.41, 5.74) is -1.23. The van der Waals surface area contributed by atoms with Gasteiger partial charge in [-0.05, 0) is 0 Å². The van der Waals surface area contributed by atoms with Crippen molar-refractivity contribution in [2.45, 2.75) is 76.8 Å². The maximum atomic E-state index is 12.8. The summed E-state index contributed by atoms with van der Waals surface area (Å²) in [5.74, 6) is 0.0668. The molecule has 0 aliphatic heterocycles. The number of halogens is 1. The van der Waals surface area contributed by atoms with Crippen molar-refractivity contribution in [3.05, 3.63) is 0 Å². The van der Waals surface area contributed by atoms with Gasteiger partial charge in [-0.2, -0.15) is 0 Å². The van der Waals surface area contributed by atoms with Crippen LogP contribution in [0.15, 0.2) is 0 Å². The van der Waals surface area contributed by atoms with Crippen molar-refractivity contribution in [1.29, 1.82) is 0 Å². The number of ketones is 2. The molecule has 0 radical (unpaired) electrons. The van der Waals surface area contributed by atoms with Crippen LogP contribution in [0.1, 0.15) is 67.7 Å². The Morgan fingerprint density at radius 2 is 1.55 bits per heavy atom. The van der Waals surface area contributed by atoms with Gasteiger partial charge < -0.3 is 0 Å². The van der Waals surface area contributed by atoms with Gasteiger partial charge in [-0.1, -0.05) is 0 Å². The van der Waals surface area contributed by atoms with Crippen LogP contribution in [0.5, 0.6) is 0 Å². The molecule has 2 N–H and O–H groups in total. The topological polar surface area (TPSA) is 66.4 Å². The van der Waals surface area contributed by atoms with E-state index in [1.165, 1.54) is 0 Å². The Hall–Kier alpha value is -0.01000. The fourth-order valence-electron chi connectivity index (χ4n) is 2.20. The molecule has 2 atom stereocenters. The second-order valence-electron chi connectivity index (χ2n) is 6.24. The van der Waals surface area contributed by atoms with E-state index >= 15 is 0 Å². The first-order valence-electron chi connectivity index (χ1n) is 7.20. The number of hydrogen-bond acceptors (Lipinski definition) is 4. The Bertz CT molecular complexity index is 370. The minimum absolute atomic E-state index is 0.0328. The summed E-state index contributed by atoms with van der Waals surface area (Å²) in [7, 11) is 0. The minimum atomic E-state index is -1.34. The van der Waals surface area contributed by atoms with Gasteiger partial charge in [-0.3, -0.25) is 0 Å². The molecule has 0 aromatic heterocycles. The van der Waals surface area contributed by atoms with Gasteiger partial charge in [0.15, 0.2) is 0 Å². The Morgan fingerprint density at radius 1 is 1.05 bits per heavy atom. The standard InChI is InChI=1S/C15H29INO3/c1-8-11(18)15(7,16-20)17-14(6,10-3)12(19)13(4,5)9-2/h17,20H,8-10H2,1-7H3/q-1. The van der Waals surface area contributed by atoms with E-state index in [4.69, 9.17) is 0 Å². The summed E-state index contributed by atoms with van der Waals surface area (Å²) in [6.07, 6.45) is 1.69. The molecule has 0 spiro atoms. The third-order valence-electron chi connectivity index (χ3n) is 4.23. The van der Waals surface area contributed by atoms with Crippen LogP contribution in [0.3, 0.4) is 0 Å². The average molecular weight is 398 g/mol. The van der Waals surface area contributed by atoms with E-state index in [-0.39, 0.29) is 11.6 Å². The van der Waals surface area contributed by atoms with Crippen molar-refractivity contribution in [2.24, 2.45) is 5.41 Å². The molecule has 0 aromatic rings. The Balaban J connectivity index is 5.46. The van der Waals surface area contributed by atoms with Gasteiger partial charge >= 0.3 is 134 Å². The Kier molecular flexibility index (Phi) is 7.31. The summed E-state index contributed by atoms with van der Waals surface area (Å²) in [5, 5.41) is 3.20. The zero-order valence-electron chi connectivity index (χ0n) is 13.8. The quantitative estimate of drug-likeness (QED) is 0.311. The van der Waals surface area contributed by atoms with E-state index in [9.17, 15) is 13.0 Å². The predicted octanol–water partition coefficient (Wildman–Crippen LogP) is -0.558. The second kappa shape index (κ2) is 7.31. The summed E-state index contributed by atoms with van der Waals surface area (Å²) in [4.78, 5) is 24.9.